The molecule has 5 nitrogen and oxygen atoms in total. The van der Waals surface area contributed by atoms with Crippen LogP contribution in [0.1, 0.15) is 15.9 Å². The van der Waals surface area contributed by atoms with Gasteiger partial charge in [0.2, 0.25) is 10.0 Å². The van der Waals surface area contributed by atoms with Crippen LogP contribution >= 0.6 is 23.4 Å². The van der Waals surface area contributed by atoms with Crippen LogP contribution in [0.25, 0.3) is 0 Å². The smallest absolute Gasteiger partial charge is 0.252 e. The normalized spacial score (nSPS) is 11.6. The van der Waals surface area contributed by atoms with Crippen LogP contribution in [-0.2, 0) is 10.0 Å². The van der Waals surface area contributed by atoms with Crippen LogP contribution < -0.4 is 5.32 Å². The van der Waals surface area contributed by atoms with Gasteiger partial charge in [-0.05, 0) is 37.3 Å². The van der Waals surface area contributed by atoms with E-state index in [1.54, 1.807) is 11.8 Å². The lowest BCUT2D eigenvalue weighted by atomic mass is 10.2. The molecule has 0 fully saturated rings. The van der Waals surface area contributed by atoms with Gasteiger partial charge in [-0.15, -0.1) is 11.8 Å². The number of carbonyl (C=O) groups excluding carboxylic acids is 1. The standard InChI is InChI=1S/C18H21ClN2O3S2/c1-13-4-6-14(7-5-13)25-11-10-20-18(22)16-12-15(8-9-17(16)19)26(23,24)21(2)3/h4-9,12H,10-11H2,1-3H3,(H,20,22). The fraction of sp³-hybridized carbons (Fsp3) is 0.278. The molecular formula is C18H21ClN2O3S2. The molecule has 2 aromatic carbocycles. The van der Waals surface area contributed by atoms with Gasteiger partial charge in [0.1, 0.15) is 0 Å². The zero-order valence-corrected chi connectivity index (χ0v) is 17.2. The molecule has 1 amide bonds. The van der Waals surface area contributed by atoms with Crippen LogP contribution in [0.3, 0.4) is 0 Å². The minimum atomic E-state index is -3.62. The largest absolute Gasteiger partial charge is 0.351 e. The molecule has 0 saturated heterocycles. The maximum absolute atomic E-state index is 12.4. The SMILES string of the molecule is Cc1ccc(SCCNC(=O)c2cc(S(=O)(=O)N(C)C)ccc2Cl)cc1. The van der Waals surface area contributed by atoms with Crippen LogP contribution in [0.4, 0.5) is 0 Å². The summed E-state index contributed by atoms with van der Waals surface area (Å²) in [4.78, 5) is 13.5. The number of sulfonamides is 1. The molecular weight excluding hydrogens is 392 g/mol. The molecule has 8 heteroatoms. The molecule has 0 unspecified atom stereocenters. The quantitative estimate of drug-likeness (QED) is 0.559. The van der Waals surface area contributed by atoms with E-state index in [2.05, 4.69) is 5.32 Å². The minimum Gasteiger partial charge on any atom is -0.351 e. The Bertz CT molecular complexity index is 882. The second-order valence-corrected chi connectivity index (χ2v) is 9.57. The van der Waals surface area contributed by atoms with Crippen molar-refractivity contribution in [2.45, 2.75) is 16.7 Å². The van der Waals surface area contributed by atoms with Gasteiger partial charge < -0.3 is 5.32 Å². The Balaban J connectivity index is 1.99. The van der Waals surface area contributed by atoms with Crippen LogP contribution in [0.2, 0.25) is 5.02 Å². The number of aryl methyl sites for hydroxylation is 1. The summed E-state index contributed by atoms with van der Waals surface area (Å²) >= 11 is 7.70. The Morgan fingerprint density at radius 1 is 1.15 bits per heavy atom. The number of hydrogen-bond donors (Lipinski definition) is 1. The van der Waals surface area contributed by atoms with Gasteiger partial charge in [0.15, 0.2) is 0 Å². The third-order valence-corrected chi connectivity index (χ3v) is 6.79. The van der Waals surface area contributed by atoms with E-state index in [0.717, 1.165) is 9.20 Å². The lowest BCUT2D eigenvalue weighted by Gasteiger charge is -2.13. The zero-order chi connectivity index (χ0) is 19.3. The fourth-order valence-corrected chi connectivity index (χ4v) is 4.01. The van der Waals surface area contributed by atoms with E-state index in [1.807, 2.05) is 31.2 Å². The number of benzene rings is 2. The summed E-state index contributed by atoms with van der Waals surface area (Å²) in [5.74, 6) is 0.303. The summed E-state index contributed by atoms with van der Waals surface area (Å²) in [5, 5.41) is 2.99. The summed E-state index contributed by atoms with van der Waals surface area (Å²) in [6.07, 6.45) is 0. The Morgan fingerprint density at radius 2 is 1.81 bits per heavy atom. The van der Waals surface area contributed by atoms with Crippen molar-refractivity contribution in [2.24, 2.45) is 0 Å². The molecule has 0 atom stereocenters. The van der Waals surface area contributed by atoms with E-state index in [0.29, 0.717) is 12.3 Å². The number of thioether (sulfide) groups is 1. The highest BCUT2D eigenvalue weighted by Crippen LogP contribution is 2.22. The third-order valence-electron chi connectivity index (χ3n) is 3.64. The highest BCUT2D eigenvalue weighted by atomic mass is 35.5. The van der Waals surface area contributed by atoms with Crippen molar-refractivity contribution in [3.63, 3.8) is 0 Å². The maximum Gasteiger partial charge on any atom is 0.252 e. The molecule has 0 aliphatic rings. The van der Waals surface area contributed by atoms with E-state index in [1.165, 1.54) is 37.9 Å². The van der Waals surface area contributed by atoms with Crippen molar-refractivity contribution in [1.82, 2.24) is 9.62 Å². The van der Waals surface area contributed by atoms with Crippen molar-refractivity contribution in [3.8, 4) is 0 Å². The number of rotatable bonds is 7. The average molecular weight is 413 g/mol. The topological polar surface area (TPSA) is 66.5 Å². The van der Waals surface area contributed by atoms with Crippen molar-refractivity contribution in [3.05, 3.63) is 58.6 Å². The third kappa shape index (κ3) is 5.23. The molecule has 26 heavy (non-hydrogen) atoms. The number of carbonyl (C=O) groups is 1. The van der Waals surface area contributed by atoms with Gasteiger partial charge in [0.25, 0.3) is 5.91 Å². The maximum atomic E-state index is 12.4. The molecule has 0 radical (unpaired) electrons. The average Bonchev–Trinajstić information content (AvgIpc) is 2.60. The molecule has 2 aromatic rings. The van der Waals surface area contributed by atoms with Gasteiger partial charge in [0.05, 0.1) is 15.5 Å². The Hall–Kier alpha value is -1.54. The van der Waals surface area contributed by atoms with Gasteiger partial charge in [-0.2, -0.15) is 0 Å². The molecule has 0 spiro atoms. The Morgan fingerprint density at radius 3 is 2.42 bits per heavy atom. The molecule has 0 aromatic heterocycles. The van der Waals surface area contributed by atoms with Crippen molar-refractivity contribution in [1.29, 1.82) is 0 Å². The first kappa shape index (κ1) is 20.8. The van der Waals surface area contributed by atoms with Gasteiger partial charge in [-0.3, -0.25) is 4.79 Å². The Kier molecular flexibility index (Phi) is 7.11. The van der Waals surface area contributed by atoms with Crippen molar-refractivity contribution >= 4 is 39.3 Å². The number of nitrogens with one attached hydrogen (secondary N) is 1. The van der Waals surface area contributed by atoms with Crippen molar-refractivity contribution in [2.75, 3.05) is 26.4 Å². The van der Waals surface area contributed by atoms with E-state index in [9.17, 15) is 13.2 Å². The number of nitrogens with zero attached hydrogens (tertiary/aromatic N) is 1. The van der Waals surface area contributed by atoms with Gasteiger partial charge in [0, 0.05) is 31.3 Å². The molecule has 0 heterocycles. The predicted octanol–water partition coefficient (Wildman–Crippen LogP) is 3.42. The second kappa shape index (κ2) is 8.90. The lowest BCUT2D eigenvalue weighted by molar-refractivity contribution is 0.0956. The predicted molar refractivity (Wildman–Crippen MR) is 107 cm³/mol. The Labute approximate surface area is 163 Å². The minimum absolute atomic E-state index is 0.0334. The van der Waals surface area contributed by atoms with Crippen molar-refractivity contribution < 1.29 is 13.2 Å². The molecule has 1 N–H and O–H groups in total. The number of amides is 1. The van der Waals surface area contributed by atoms with Crippen LogP contribution in [0.5, 0.6) is 0 Å². The summed E-state index contributed by atoms with van der Waals surface area (Å²) in [5.41, 5.74) is 1.35. The molecule has 0 bridgehead atoms. The molecule has 0 saturated carbocycles. The fourth-order valence-electron chi connectivity index (χ4n) is 2.11. The van der Waals surface area contributed by atoms with Crippen LogP contribution in [-0.4, -0.2) is 45.0 Å². The first-order chi connectivity index (χ1) is 12.2. The van der Waals surface area contributed by atoms with Crippen LogP contribution in [0, 0.1) is 6.92 Å². The summed E-state index contributed by atoms with van der Waals surface area (Å²) < 4.78 is 25.5. The van der Waals surface area contributed by atoms with E-state index in [-0.39, 0.29) is 15.5 Å². The second-order valence-electron chi connectivity index (χ2n) is 5.85. The molecule has 2 rings (SSSR count). The monoisotopic (exact) mass is 412 g/mol. The van der Waals surface area contributed by atoms with Crippen LogP contribution in [0.15, 0.2) is 52.3 Å². The van der Waals surface area contributed by atoms with Gasteiger partial charge in [-0.25, -0.2) is 12.7 Å². The highest BCUT2D eigenvalue weighted by molar-refractivity contribution is 7.99. The first-order valence-corrected chi connectivity index (χ1v) is 10.7. The van der Waals surface area contributed by atoms with Gasteiger partial charge in [-0.1, -0.05) is 29.3 Å². The van der Waals surface area contributed by atoms with E-state index >= 15 is 0 Å². The van der Waals surface area contributed by atoms with E-state index in [4.69, 9.17) is 11.6 Å². The summed E-state index contributed by atoms with van der Waals surface area (Å²) in [7, 11) is -0.751. The molecule has 0 aliphatic heterocycles. The number of hydrogen-bond acceptors (Lipinski definition) is 4. The lowest BCUT2D eigenvalue weighted by Crippen LogP contribution is -2.27. The summed E-state index contributed by atoms with van der Waals surface area (Å²) in [6.45, 7) is 2.47. The van der Waals surface area contributed by atoms with Gasteiger partial charge >= 0.3 is 0 Å². The highest BCUT2D eigenvalue weighted by Gasteiger charge is 2.20. The molecule has 0 aliphatic carbocycles. The first-order valence-electron chi connectivity index (χ1n) is 7.91. The zero-order valence-electron chi connectivity index (χ0n) is 14.8. The summed E-state index contributed by atoms with van der Waals surface area (Å²) in [6, 6.07) is 12.3. The molecule has 140 valence electrons. The van der Waals surface area contributed by atoms with E-state index < -0.39 is 15.9 Å². The number of halogens is 1.